The maximum Gasteiger partial charge on any atom is 0.404 e. The minimum absolute atomic E-state index is 0.151. The van der Waals surface area contributed by atoms with Crippen molar-refractivity contribution in [3.8, 4) is 10.4 Å². The van der Waals surface area contributed by atoms with Crippen LogP contribution in [0.4, 0.5) is 13.2 Å². The molecule has 0 radical (unpaired) electrons. The number of carbonyl (C=O) groups is 2. The zero-order chi connectivity index (χ0) is 29.5. The second kappa shape index (κ2) is 11.3. The molecule has 14 heteroatoms. The summed E-state index contributed by atoms with van der Waals surface area (Å²) < 4.78 is 68.0. The third-order valence-electron chi connectivity index (χ3n) is 7.78. The Morgan fingerprint density at radius 2 is 1.85 bits per heavy atom. The van der Waals surface area contributed by atoms with Gasteiger partial charge in [-0.2, -0.15) is 17.9 Å². The van der Waals surface area contributed by atoms with Gasteiger partial charge in [-0.1, -0.05) is 50.5 Å². The number of halogens is 3. The number of carboxylic acids is 1. The van der Waals surface area contributed by atoms with Crippen LogP contribution in [0, 0.1) is 11.8 Å². The molecule has 1 aromatic carbocycles. The summed E-state index contributed by atoms with van der Waals surface area (Å²) in [5, 5.41) is 12.2. The standard InChI is InChI=1S/C27H29F3N4O5S2/c1-2-21(27(28,29)30)34-41(38,39)25-18-9-4-3-8-17(18)19(13-31-25)22-20(10-14-6-5-7-14)33-24(40-22)23(35)32-16-11-15(12-16)26(36)37/h3-4,8-9,13-16,21,34H,2,5-7,10-12H2,1H3,(H,32,35)(H,36,37)/t15-,16-,21-/m0/s1. The molecule has 9 nitrogen and oxygen atoms in total. The van der Waals surface area contributed by atoms with Gasteiger partial charge in [-0.3, -0.25) is 9.59 Å². The Morgan fingerprint density at radius 1 is 1.17 bits per heavy atom. The lowest BCUT2D eigenvalue weighted by molar-refractivity contribution is -0.151. The molecule has 0 aliphatic heterocycles. The number of thiazole rings is 1. The molecule has 1 amide bonds. The molecule has 3 aromatic rings. The van der Waals surface area contributed by atoms with Gasteiger partial charge in [0.15, 0.2) is 10.0 Å². The fraction of sp³-hybridized carbons (Fsp3) is 0.481. The fourth-order valence-corrected chi connectivity index (χ4v) is 7.60. The summed E-state index contributed by atoms with van der Waals surface area (Å²) in [6.45, 7) is 1.24. The Hall–Kier alpha value is -3.10. The zero-order valence-electron chi connectivity index (χ0n) is 22.1. The van der Waals surface area contributed by atoms with Gasteiger partial charge in [-0.25, -0.2) is 18.4 Å². The van der Waals surface area contributed by atoms with Gasteiger partial charge in [0, 0.05) is 23.2 Å². The third kappa shape index (κ3) is 6.09. The van der Waals surface area contributed by atoms with Gasteiger partial charge in [0.2, 0.25) is 0 Å². The van der Waals surface area contributed by atoms with E-state index >= 15 is 0 Å². The molecule has 220 valence electrons. The summed E-state index contributed by atoms with van der Waals surface area (Å²) in [5.41, 5.74) is 1.20. The van der Waals surface area contributed by atoms with Crippen LogP contribution in [-0.4, -0.2) is 53.6 Å². The summed E-state index contributed by atoms with van der Waals surface area (Å²) in [6, 6.07) is 3.91. The number of sulfonamides is 1. The molecule has 41 heavy (non-hydrogen) atoms. The van der Waals surface area contributed by atoms with E-state index in [1.807, 2.05) is 0 Å². The van der Waals surface area contributed by atoms with Crippen LogP contribution >= 0.6 is 11.3 Å². The van der Waals surface area contributed by atoms with Gasteiger partial charge in [0.25, 0.3) is 15.9 Å². The first-order valence-corrected chi connectivity index (χ1v) is 15.7. The van der Waals surface area contributed by atoms with E-state index in [2.05, 4.69) is 15.3 Å². The number of hydrogen-bond donors (Lipinski definition) is 3. The molecule has 0 bridgehead atoms. The van der Waals surface area contributed by atoms with Crippen LogP contribution in [0.5, 0.6) is 0 Å². The van der Waals surface area contributed by atoms with Crippen molar-refractivity contribution in [2.24, 2.45) is 11.8 Å². The van der Waals surface area contributed by atoms with Crippen molar-refractivity contribution in [3.05, 3.63) is 41.2 Å². The molecular formula is C27H29F3N4O5S2. The predicted molar refractivity (Wildman–Crippen MR) is 146 cm³/mol. The number of nitrogens with one attached hydrogen (secondary N) is 2. The van der Waals surface area contributed by atoms with Crippen LogP contribution < -0.4 is 10.0 Å². The monoisotopic (exact) mass is 610 g/mol. The molecule has 2 saturated carbocycles. The zero-order valence-corrected chi connectivity index (χ0v) is 23.7. The van der Waals surface area contributed by atoms with Crippen LogP contribution in [0.15, 0.2) is 35.5 Å². The van der Waals surface area contributed by atoms with Gasteiger partial charge in [0.05, 0.1) is 16.5 Å². The van der Waals surface area contributed by atoms with Crippen molar-refractivity contribution in [3.63, 3.8) is 0 Å². The smallest absolute Gasteiger partial charge is 0.404 e. The summed E-state index contributed by atoms with van der Waals surface area (Å²) in [7, 11) is -4.63. The van der Waals surface area contributed by atoms with E-state index in [4.69, 9.17) is 5.11 Å². The Kier molecular flexibility index (Phi) is 8.09. The van der Waals surface area contributed by atoms with Gasteiger partial charge in [-0.05, 0) is 37.0 Å². The molecule has 0 spiro atoms. The molecule has 5 rings (SSSR count). The maximum atomic E-state index is 13.4. The van der Waals surface area contributed by atoms with Crippen molar-refractivity contribution in [1.29, 1.82) is 0 Å². The Bertz CT molecular complexity index is 1580. The van der Waals surface area contributed by atoms with E-state index in [0.29, 0.717) is 46.7 Å². The average Bonchev–Trinajstić information content (AvgIpc) is 3.28. The molecule has 2 aliphatic carbocycles. The topological polar surface area (TPSA) is 138 Å². The summed E-state index contributed by atoms with van der Waals surface area (Å²) in [4.78, 5) is 33.6. The highest BCUT2D eigenvalue weighted by atomic mass is 32.2. The summed E-state index contributed by atoms with van der Waals surface area (Å²) in [6.07, 6.45) is 0.532. The molecule has 2 heterocycles. The highest BCUT2D eigenvalue weighted by Gasteiger charge is 2.42. The summed E-state index contributed by atoms with van der Waals surface area (Å²) in [5.74, 6) is -1.39. The number of carboxylic acid groups (broad SMARTS) is 1. The quantitative estimate of drug-likeness (QED) is 0.296. The molecule has 0 unspecified atom stereocenters. The molecular weight excluding hydrogens is 581 g/mol. The largest absolute Gasteiger partial charge is 0.481 e. The van der Waals surface area contributed by atoms with Crippen LogP contribution in [-0.2, 0) is 21.2 Å². The number of rotatable bonds is 10. The first kappa shape index (κ1) is 29.4. The first-order valence-electron chi connectivity index (χ1n) is 13.4. The average molecular weight is 611 g/mol. The van der Waals surface area contributed by atoms with E-state index in [-0.39, 0.29) is 16.4 Å². The van der Waals surface area contributed by atoms with Gasteiger partial charge >= 0.3 is 12.1 Å². The van der Waals surface area contributed by atoms with Crippen molar-refractivity contribution < 1.29 is 36.3 Å². The van der Waals surface area contributed by atoms with Gasteiger partial charge < -0.3 is 10.4 Å². The number of pyridine rings is 1. The van der Waals surface area contributed by atoms with Crippen LogP contribution in [0.3, 0.4) is 0 Å². The van der Waals surface area contributed by atoms with E-state index in [1.165, 1.54) is 19.2 Å². The second-order valence-electron chi connectivity index (χ2n) is 10.6. The van der Waals surface area contributed by atoms with Gasteiger partial charge in [0.1, 0.15) is 6.04 Å². The lowest BCUT2D eigenvalue weighted by Gasteiger charge is -2.32. The Balaban J connectivity index is 1.51. The van der Waals surface area contributed by atoms with Crippen molar-refractivity contribution >= 4 is 44.0 Å². The molecule has 2 aromatic heterocycles. The number of amides is 1. The second-order valence-corrected chi connectivity index (χ2v) is 13.2. The number of fused-ring (bicyclic) bond motifs is 1. The van der Waals surface area contributed by atoms with Crippen LogP contribution in [0.25, 0.3) is 21.2 Å². The predicted octanol–water partition coefficient (Wildman–Crippen LogP) is 4.91. The Morgan fingerprint density at radius 3 is 2.44 bits per heavy atom. The number of hydrogen-bond acceptors (Lipinski definition) is 7. The number of alkyl halides is 3. The minimum atomic E-state index is -4.76. The lowest BCUT2D eigenvalue weighted by Crippen LogP contribution is -2.46. The van der Waals surface area contributed by atoms with Crippen molar-refractivity contribution in [2.75, 3.05) is 0 Å². The van der Waals surface area contributed by atoms with E-state index in [1.54, 1.807) is 22.9 Å². The summed E-state index contributed by atoms with van der Waals surface area (Å²) >= 11 is 1.13. The molecule has 3 N–H and O–H groups in total. The van der Waals surface area contributed by atoms with Crippen LogP contribution in [0.2, 0.25) is 0 Å². The number of benzene rings is 1. The van der Waals surface area contributed by atoms with E-state index in [9.17, 15) is 31.2 Å². The van der Waals surface area contributed by atoms with E-state index < -0.39 is 51.5 Å². The Labute approximate surface area is 238 Å². The van der Waals surface area contributed by atoms with E-state index in [0.717, 1.165) is 30.6 Å². The molecule has 0 saturated heterocycles. The number of nitrogens with zero attached hydrogens (tertiary/aromatic N) is 2. The minimum Gasteiger partial charge on any atom is -0.481 e. The maximum absolute atomic E-state index is 13.4. The highest BCUT2D eigenvalue weighted by Crippen LogP contribution is 2.40. The van der Waals surface area contributed by atoms with Crippen molar-refractivity contribution in [1.82, 2.24) is 20.0 Å². The molecule has 2 fully saturated rings. The van der Waals surface area contributed by atoms with Gasteiger partial charge in [-0.15, -0.1) is 11.3 Å². The molecule has 2 aliphatic rings. The molecule has 1 atom stereocenters. The fourth-order valence-electron chi connectivity index (χ4n) is 5.14. The number of carbonyl (C=O) groups excluding carboxylic acids is 1. The number of aromatic nitrogens is 2. The number of aliphatic carboxylic acids is 1. The lowest BCUT2D eigenvalue weighted by atomic mass is 9.80. The third-order valence-corrected chi connectivity index (χ3v) is 10.3. The highest BCUT2D eigenvalue weighted by molar-refractivity contribution is 7.89. The first-order chi connectivity index (χ1) is 19.4. The SMILES string of the molecule is CC[C@H](NS(=O)(=O)c1ncc(-c2sc(C(=O)N[C@H]3C[C@H](C(=O)O)C3)nc2CC2CCC2)c2ccccc12)C(F)(F)F. The normalized spacial score (nSPS) is 20.3. The van der Waals surface area contributed by atoms with Crippen molar-refractivity contribution in [2.45, 2.75) is 75.2 Å². The van der Waals surface area contributed by atoms with Crippen LogP contribution in [0.1, 0.15) is 60.9 Å².